The maximum absolute atomic E-state index is 12.2. The second kappa shape index (κ2) is 8.22. The minimum atomic E-state index is -0.305. The molecule has 0 bridgehead atoms. The van der Waals surface area contributed by atoms with Crippen molar-refractivity contribution in [2.45, 2.75) is 26.0 Å². The van der Waals surface area contributed by atoms with E-state index in [0.29, 0.717) is 13.0 Å². The highest BCUT2D eigenvalue weighted by Crippen LogP contribution is 2.07. The predicted octanol–water partition coefficient (Wildman–Crippen LogP) is 2.95. The van der Waals surface area contributed by atoms with E-state index in [1.54, 1.807) is 0 Å². The Morgan fingerprint density at radius 2 is 1.57 bits per heavy atom. The first-order chi connectivity index (χ1) is 10.3. The van der Waals surface area contributed by atoms with E-state index in [1.165, 1.54) is 0 Å². The molecule has 0 radical (unpaired) electrons. The van der Waals surface area contributed by atoms with Gasteiger partial charge in [-0.05, 0) is 24.1 Å². The van der Waals surface area contributed by atoms with Crippen LogP contribution in [0.2, 0.25) is 0 Å². The van der Waals surface area contributed by atoms with Gasteiger partial charge in [0.2, 0.25) is 0 Å². The van der Waals surface area contributed by atoms with Gasteiger partial charge in [-0.3, -0.25) is 4.79 Å². The molecule has 0 aliphatic heterocycles. The standard InChI is InChI=1S/C18H21NO2/c1-2-19-17(13-15-9-5-3-6-10-15)18(20)21-14-16-11-7-4-8-12-16/h3-12,17,19H,2,13-14H2,1H3. The molecule has 0 amide bonds. The van der Waals surface area contributed by atoms with Gasteiger partial charge in [0.25, 0.3) is 0 Å². The van der Waals surface area contributed by atoms with Gasteiger partial charge in [0.1, 0.15) is 12.6 Å². The molecule has 0 aromatic heterocycles. The summed E-state index contributed by atoms with van der Waals surface area (Å²) in [6.45, 7) is 3.04. The van der Waals surface area contributed by atoms with Crippen molar-refractivity contribution >= 4 is 5.97 Å². The first-order valence-electron chi connectivity index (χ1n) is 7.27. The number of likely N-dealkylation sites (N-methyl/N-ethyl adjacent to an activating group) is 1. The molecule has 0 fully saturated rings. The van der Waals surface area contributed by atoms with Crippen molar-refractivity contribution in [1.29, 1.82) is 0 Å². The van der Waals surface area contributed by atoms with E-state index in [4.69, 9.17) is 4.74 Å². The molecule has 0 saturated heterocycles. The molecule has 2 rings (SSSR count). The summed E-state index contributed by atoms with van der Waals surface area (Å²) < 4.78 is 5.41. The third kappa shape index (κ3) is 5.04. The summed E-state index contributed by atoms with van der Waals surface area (Å²) >= 11 is 0. The van der Waals surface area contributed by atoms with Crippen molar-refractivity contribution in [1.82, 2.24) is 5.32 Å². The van der Waals surface area contributed by atoms with Crippen LogP contribution in [0, 0.1) is 0 Å². The first-order valence-corrected chi connectivity index (χ1v) is 7.27. The van der Waals surface area contributed by atoms with Crippen LogP contribution in [0.3, 0.4) is 0 Å². The van der Waals surface area contributed by atoms with Crippen LogP contribution in [0.25, 0.3) is 0 Å². The predicted molar refractivity (Wildman–Crippen MR) is 83.8 cm³/mol. The average Bonchev–Trinajstić information content (AvgIpc) is 2.54. The van der Waals surface area contributed by atoms with Crippen molar-refractivity contribution in [2.24, 2.45) is 0 Å². The molecular weight excluding hydrogens is 262 g/mol. The summed E-state index contributed by atoms with van der Waals surface area (Å²) in [5.74, 6) is -0.204. The van der Waals surface area contributed by atoms with Crippen LogP contribution in [0.15, 0.2) is 60.7 Å². The van der Waals surface area contributed by atoms with Gasteiger partial charge in [0, 0.05) is 0 Å². The third-order valence-electron chi connectivity index (χ3n) is 3.24. The molecule has 0 spiro atoms. The molecule has 21 heavy (non-hydrogen) atoms. The fourth-order valence-corrected chi connectivity index (χ4v) is 2.16. The number of hydrogen-bond donors (Lipinski definition) is 1. The van der Waals surface area contributed by atoms with Gasteiger partial charge in [-0.15, -0.1) is 0 Å². The van der Waals surface area contributed by atoms with E-state index >= 15 is 0 Å². The molecule has 3 heteroatoms. The van der Waals surface area contributed by atoms with Gasteiger partial charge < -0.3 is 10.1 Å². The van der Waals surface area contributed by atoms with Crippen molar-refractivity contribution in [3.63, 3.8) is 0 Å². The largest absolute Gasteiger partial charge is 0.460 e. The molecule has 0 aliphatic carbocycles. The Hall–Kier alpha value is -2.13. The summed E-state index contributed by atoms with van der Waals surface area (Å²) in [6, 6.07) is 19.4. The van der Waals surface area contributed by atoms with Crippen LogP contribution in [0.1, 0.15) is 18.1 Å². The second-order valence-electron chi connectivity index (χ2n) is 4.89. The highest BCUT2D eigenvalue weighted by Gasteiger charge is 2.19. The van der Waals surface area contributed by atoms with Crippen LogP contribution in [-0.4, -0.2) is 18.6 Å². The van der Waals surface area contributed by atoms with Gasteiger partial charge in [0.15, 0.2) is 0 Å². The van der Waals surface area contributed by atoms with Crippen LogP contribution >= 0.6 is 0 Å². The van der Waals surface area contributed by atoms with Gasteiger partial charge >= 0.3 is 5.97 Å². The highest BCUT2D eigenvalue weighted by atomic mass is 16.5. The van der Waals surface area contributed by atoms with Crippen molar-refractivity contribution < 1.29 is 9.53 Å². The zero-order chi connectivity index (χ0) is 14.9. The van der Waals surface area contributed by atoms with E-state index in [2.05, 4.69) is 5.32 Å². The summed E-state index contributed by atoms with van der Waals surface area (Å²) in [6.07, 6.45) is 0.641. The van der Waals surface area contributed by atoms with Crippen LogP contribution in [0.4, 0.5) is 0 Å². The topological polar surface area (TPSA) is 38.3 Å². The Balaban J connectivity index is 1.92. The smallest absolute Gasteiger partial charge is 0.323 e. The SMILES string of the molecule is CCNC(Cc1ccccc1)C(=O)OCc1ccccc1. The van der Waals surface area contributed by atoms with E-state index in [1.807, 2.05) is 67.6 Å². The fraction of sp³-hybridized carbons (Fsp3) is 0.278. The third-order valence-corrected chi connectivity index (χ3v) is 3.24. The average molecular weight is 283 g/mol. The number of carbonyl (C=O) groups excluding carboxylic acids is 1. The minimum absolute atomic E-state index is 0.204. The van der Waals surface area contributed by atoms with E-state index in [9.17, 15) is 4.79 Å². The lowest BCUT2D eigenvalue weighted by molar-refractivity contribution is -0.147. The Morgan fingerprint density at radius 1 is 1.00 bits per heavy atom. The lowest BCUT2D eigenvalue weighted by Gasteiger charge is -2.17. The van der Waals surface area contributed by atoms with E-state index in [0.717, 1.165) is 17.7 Å². The van der Waals surface area contributed by atoms with E-state index in [-0.39, 0.29) is 12.0 Å². The summed E-state index contributed by atoms with van der Waals surface area (Å²) in [5.41, 5.74) is 2.13. The second-order valence-corrected chi connectivity index (χ2v) is 4.89. The number of nitrogens with one attached hydrogen (secondary N) is 1. The molecule has 110 valence electrons. The molecule has 2 aromatic rings. The summed E-state index contributed by atoms with van der Waals surface area (Å²) in [7, 11) is 0. The zero-order valence-corrected chi connectivity index (χ0v) is 12.3. The summed E-state index contributed by atoms with van der Waals surface area (Å²) in [5, 5.41) is 3.19. The molecule has 1 unspecified atom stereocenters. The molecule has 1 N–H and O–H groups in total. The van der Waals surface area contributed by atoms with Crippen LogP contribution in [0.5, 0.6) is 0 Å². The molecular formula is C18H21NO2. The molecule has 0 heterocycles. The quantitative estimate of drug-likeness (QED) is 0.794. The van der Waals surface area contributed by atoms with Gasteiger partial charge in [-0.25, -0.2) is 0 Å². The Labute approximate surface area is 126 Å². The molecule has 1 atom stereocenters. The monoisotopic (exact) mass is 283 g/mol. The number of carbonyl (C=O) groups is 1. The molecule has 3 nitrogen and oxygen atoms in total. The number of benzene rings is 2. The lowest BCUT2D eigenvalue weighted by Crippen LogP contribution is -2.39. The van der Waals surface area contributed by atoms with Gasteiger partial charge in [0.05, 0.1) is 0 Å². The normalized spacial score (nSPS) is 11.9. The van der Waals surface area contributed by atoms with Gasteiger partial charge in [-0.2, -0.15) is 0 Å². The first kappa shape index (κ1) is 15.3. The summed E-state index contributed by atoms with van der Waals surface area (Å²) in [4.78, 5) is 12.2. The van der Waals surface area contributed by atoms with E-state index < -0.39 is 0 Å². The van der Waals surface area contributed by atoms with Crippen LogP contribution in [-0.2, 0) is 22.6 Å². The number of rotatable bonds is 7. The Bertz CT molecular complexity index is 540. The van der Waals surface area contributed by atoms with Crippen molar-refractivity contribution in [3.05, 3.63) is 71.8 Å². The maximum Gasteiger partial charge on any atom is 0.323 e. The maximum atomic E-state index is 12.2. The molecule has 0 aliphatic rings. The van der Waals surface area contributed by atoms with Crippen molar-refractivity contribution in [3.8, 4) is 0 Å². The minimum Gasteiger partial charge on any atom is -0.460 e. The van der Waals surface area contributed by atoms with Crippen molar-refractivity contribution in [2.75, 3.05) is 6.54 Å². The zero-order valence-electron chi connectivity index (χ0n) is 12.3. The number of hydrogen-bond acceptors (Lipinski definition) is 3. The highest BCUT2D eigenvalue weighted by molar-refractivity contribution is 5.76. The van der Waals surface area contributed by atoms with Gasteiger partial charge in [-0.1, -0.05) is 67.6 Å². The Kier molecular flexibility index (Phi) is 5.98. The molecule has 2 aromatic carbocycles. The number of ether oxygens (including phenoxy) is 1. The van der Waals surface area contributed by atoms with Crippen LogP contribution < -0.4 is 5.32 Å². The number of esters is 1. The molecule has 0 saturated carbocycles. The lowest BCUT2D eigenvalue weighted by atomic mass is 10.1. The fourth-order valence-electron chi connectivity index (χ4n) is 2.16. The Morgan fingerprint density at radius 3 is 2.14 bits per heavy atom.